The van der Waals surface area contributed by atoms with E-state index in [4.69, 9.17) is 5.73 Å². The number of carbonyl (C=O) groups is 1. The van der Waals surface area contributed by atoms with Gasteiger partial charge in [0.2, 0.25) is 5.91 Å². The highest BCUT2D eigenvalue weighted by Gasteiger charge is 2.47. The summed E-state index contributed by atoms with van der Waals surface area (Å²) in [7, 11) is 0. The van der Waals surface area contributed by atoms with Crippen molar-refractivity contribution in [3.05, 3.63) is 48.0 Å². The summed E-state index contributed by atoms with van der Waals surface area (Å²) in [6, 6.07) is 15.2. The highest BCUT2D eigenvalue weighted by molar-refractivity contribution is 5.86. The number of piperidine rings is 1. The fraction of sp³-hybridized carbons (Fsp3) is 0.476. The summed E-state index contributed by atoms with van der Waals surface area (Å²) in [6.45, 7) is 5.94. The fourth-order valence-corrected chi connectivity index (χ4v) is 4.07. The fourth-order valence-electron chi connectivity index (χ4n) is 4.07. The summed E-state index contributed by atoms with van der Waals surface area (Å²) in [5.41, 5.74) is 7.52. The van der Waals surface area contributed by atoms with Gasteiger partial charge in [0.1, 0.15) is 0 Å². The van der Waals surface area contributed by atoms with Crippen LogP contribution in [0.5, 0.6) is 0 Å². The average Bonchev–Trinajstić information content (AvgIpc) is 3.37. The molecule has 134 valence electrons. The van der Waals surface area contributed by atoms with Crippen molar-refractivity contribution in [2.75, 3.05) is 13.1 Å². The summed E-state index contributed by atoms with van der Waals surface area (Å²) >= 11 is 0. The van der Waals surface area contributed by atoms with Crippen molar-refractivity contribution in [3.8, 4) is 0 Å². The van der Waals surface area contributed by atoms with Crippen molar-refractivity contribution in [2.24, 2.45) is 17.1 Å². The molecule has 2 aliphatic rings. The summed E-state index contributed by atoms with van der Waals surface area (Å²) < 4.78 is 0. The molecule has 3 atom stereocenters. The van der Waals surface area contributed by atoms with E-state index >= 15 is 0 Å². The van der Waals surface area contributed by atoms with E-state index in [-0.39, 0.29) is 29.8 Å². The highest BCUT2D eigenvalue weighted by atomic mass is 35.5. The van der Waals surface area contributed by atoms with Gasteiger partial charge in [-0.3, -0.25) is 4.79 Å². The second-order valence-electron chi connectivity index (χ2n) is 8.20. The van der Waals surface area contributed by atoms with Crippen molar-refractivity contribution < 1.29 is 4.79 Å². The predicted octanol–water partition coefficient (Wildman–Crippen LogP) is 3.95. The van der Waals surface area contributed by atoms with Gasteiger partial charge in [-0.05, 0) is 40.5 Å². The molecule has 3 nitrogen and oxygen atoms in total. The minimum atomic E-state index is 0. The zero-order valence-corrected chi connectivity index (χ0v) is 15.8. The van der Waals surface area contributed by atoms with Crippen molar-refractivity contribution in [3.63, 3.8) is 0 Å². The molecule has 3 unspecified atom stereocenters. The van der Waals surface area contributed by atoms with Gasteiger partial charge >= 0.3 is 0 Å². The molecule has 1 heterocycles. The molecule has 1 saturated carbocycles. The first-order valence-electron chi connectivity index (χ1n) is 8.99. The van der Waals surface area contributed by atoms with Crippen molar-refractivity contribution in [2.45, 2.75) is 38.6 Å². The average molecular weight is 359 g/mol. The molecular formula is C21H27ClN2O. The van der Waals surface area contributed by atoms with Crippen molar-refractivity contribution >= 4 is 29.1 Å². The lowest BCUT2D eigenvalue weighted by molar-refractivity contribution is -0.136. The number of halogens is 1. The standard InChI is InChI=1S/C21H26N2O.ClH/c1-21(2)13-23(10-9-19(21)22)20(24)18-12-17(18)16-8-7-14-5-3-4-6-15(14)11-16;/h3-8,11,17-19H,9-10,12-13,22H2,1-2H3;1H. The van der Waals surface area contributed by atoms with Crippen molar-refractivity contribution in [1.82, 2.24) is 4.90 Å². The molecule has 1 saturated heterocycles. The monoisotopic (exact) mass is 358 g/mol. The molecule has 1 amide bonds. The van der Waals surface area contributed by atoms with Gasteiger partial charge in [-0.1, -0.05) is 56.3 Å². The number of benzene rings is 2. The molecule has 0 aromatic heterocycles. The first-order chi connectivity index (χ1) is 11.5. The highest BCUT2D eigenvalue weighted by Crippen LogP contribution is 2.49. The molecule has 0 bridgehead atoms. The summed E-state index contributed by atoms with van der Waals surface area (Å²) in [4.78, 5) is 14.9. The van der Waals surface area contributed by atoms with E-state index < -0.39 is 0 Å². The molecule has 2 aromatic rings. The van der Waals surface area contributed by atoms with E-state index in [1.165, 1.54) is 16.3 Å². The van der Waals surface area contributed by atoms with Gasteiger partial charge in [-0.25, -0.2) is 0 Å². The maximum Gasteiger partial charge on any atom is 0.226 e. The maximum absolute atomic E-state index is 12.9. The zero-order valence-electron chi connectivity index (χ0n) is 14.9. The Balaban J connectivity index is 0.00000182. The van der Waals surface area contributed by atoms with Gasteiger partial charge in [0.05, 0.1) is 0 Å². The van der Waals surface area contributed by atoms with Crippen LogP contribution in [-0.2, 0) is 4.79 Å². The number of hydrogen-bond acceptors (Lipinski definition) is 2. The van der Waals surface area contributed by atoms with Gasteiger partial charge in [0.25, 0.3) is 0 Å². The Morgan fingerprint density at radius 3 is 2.60 bits per heavy atom. The SMILES string of the molecule is CC1(C)CN(C(=O)C2CC2c2ccc3ccccc3c2)CCC1N.Cl. The van der Waals surface area contributed by atoms with Crippen LogP contribution < -0.4 is 5.73 Å². The Bertz CT molecular complexity index is 788. The number of amides is 1. The molecule has 1 aliphatic heterocycles. The third-order valence-electron chi connectivity index (χ3n) is 5.93. The van der Waals surface area contributed by atoms with E-state index in [0.717, 1.165) is 25.9 Å². The Labute approximate surface area is 156 Å². The van der Waals surface area contributed by atoms with Crippen molar-refractivity contribution in [1.29, 1.82) is 0 Å². The maximum atomic E-state index is 12.9. The minimum Gasteiger partial charge on any atom is -0.342 e. The summed E-state index contributed by atoms with van der Waals surface area (Å²) in [5.74, 6) is 0.880. The van der Waals surface area contributed by atoms with Crippen LogP contribution in [0.4, 0.5) is 0 Å². The van der Waals surface area contributed by atoms with E-state index in [2.05, 4.69) is 61.2 Å². The Kier molecular flexibility index (Phi) is 4.82. The largest absolute Gasteiger partial charge is 0.342 e. The zero-order chi connectivity index (χ0) is 16.9. The number of rotatable bonds is 2. The molecular weight excluding hydrogens is 332 g/mol. The van der Waals surface area contributed by atoms with Gasteiger partial charge in [0.15, 0.2) is 0 Å². The molecule has 4 rings (SSSR count). The van der Waals surface area contributed by atoms with Crippen LogP contribution in [0.2, 0.25) is 0 Å². The molecule has 1 aliphatic carbocycles. The molecule has 2 aromatic carbocycles. The Morgan fingerprint density at radius 2 is 1.88 bits per heavy atom. The van der Waals surface area contributed by atoms with E-state index in [1.807, 2.05) is 0 Å². The van der Waals surface area contributed by atoms with Crippen LogP contribution in [0.3, 0.4) is 0 Å². The molecule has 2 fully saturated rings. The van der Waals surface area contributed by atoms with Gasteiger partial charge in [0, 0.05) is 25.0 Å². The van der Waals surface area contributed by atoms with E-state index in [1.54, 1.807) is 0 Å². The van der Waals surface area contributed by atoms with Crippen LogP contribution in [0.15, 0.2) is 42.5 Å². The first-order valence-corrected chi connectivity index (χ1v) is 8.99. The Morgan fingerprint density at radius 1 is 1.16 bits per heavy atom. The van der Waals surface area contributed by atoms with Crippen LogP contribution in [0, 0.1) is 11.3 Å². The number of fused-ring (bicyclic) bond motifs is 1. The van der Waals surface area contributed by atoms with E-state index in [0.29, 0.717) is 11.8 Å². The number of likely N-dealkylation sites (tertiary alicyclic amines) is 1. The Hall–Kier alpha value is -1.58. The lowest BCUT2D eigenvalue weighted by Crippen LogP contribution is -2.54. The third-order valence-corrected chi connectivity index (χ3v) is 5.93. The molecule has 4 heteroatoms. The molecule has 0 spiro atoms. The third kappa shape index (κ3) is 3.40. The lowest BCUT2D eigenvalue weighted by Gasteiger charge is -2.42. The van der Waals surface area contributed by atoms with Crippen LogP contribution >= 0.6 is 12.4 Å². The van der Waals surface area contributed by atoms with Crippen LogP contribution in [0.1, 0.15) is 38.2 Å². The van der Waals surface area contributed by atoms with E-state index in [9.17, 15) is 4.79 Å². The number of carbonyl (C=O) groups excluding carboxylic acids is 1. The molecule has 2 N–H and O–H groups in total. The molecule has 25 heavy (non-hydrogen) atoms. The normalized spacial score (nSPS) is 27.6. The summed E-state index contributed by atoms with van der Waals surface area (Å²) in [6.07, 6.45) is 1.90. The number of hydrogen-bond donors (Lipinski definition) is 1. The lowest BCUT2D eigenvalue weighted by atomic mass is 9.79. The smallest absolute Gasteiger partial charge is 0.226 e. The second kappa shape index (κ2) is 6.62. The van der Waals surface area contributed by atoms with Crippen LogP contribution in [0.25, 0.3) is 10.8 Å². The van der Waals surface area contributed by atoms with Crippen LogP contribution in [-0.4, -0.2) is 29.9 Å². The predicted molar refractivity (Wildman–Crippen MR) is 105 cm³/mol. The van der Waals surface area contributed by atoms with Gasteiger partial charge < -0.3 is 10.6 Å². The van der Waals surface area contributed by atoms with Gasteiger partial charge in [-0.2, -0.15) is 0 Å². The first kappa shape index (κ1) is 18.2. The minimum absolute atomic E-state index is 0. The quantitative estimate of drug-likeness (QED) is 0.883. The van der Waals surface area contributed by atoms with Gasteiger partial charge in [-0.15, -0.1) is 12.4 Å². The second-order valence-corrected chi connectivity index (χ2v) is 8.20. The topological polar surface area (TPSA) is 46.3 Å². The molecule has 0 radical (unpaired) electrons. The number of nitrogens with zero attached hydrogens (tertiary/aromatic N) is 1. The number of nitrogens with two attached hydrogens (primary N) is 1. The summed E-state index contributed by atoms with van der Waals surface area (Å²) in [5, 5.41) is 2.52.